The number of piperidine rings is 2. The molecule has 2 fully saturated rings. The van der Waals surface area contributed by atoms with Crippen LogP contribution in [0.15, 0.2) is 18.2 Å². The number of hydrogen-bond acceptors (Lipinski definition) is 4. The minimum Gasteiger partial charge on any atom is -0.484 e. The molecule has 1 unspecified atom stereocenters. The molecule has 0 saturated carbocycles. The zero-order chi connectivity index (χ0) is 21.1. The monoisotopic (exact) mass is 413 g/mol. The summed E-state index contributed by atoms with van der Waals surface area (Å²) in [6.07, 6.45) is 4.91. The van der Waals surface area contributed by atoms with E-state index in [1.807, 2.05) is 17.0 Å². The summed E-state index contributed by atoms with van der Waals surface area (Å²) in [4.78, 5) is 40.7. The third-order valence-electron chi connectivity index (χ3n) is 6.50. The Morgan fingerprint density at radius 3 is 2.67 bits per heavy atom. The van der Waals surface area contributed by atoms with E-state index in [1.165, 1.54) is 6.42 Å². The number of benzene rings is 1. The number of carbonyl (C=O) groups excluding carboxylic acids is 3. The van der Waals surface area contributed by atoms with Gasteiger partial charge in [0, 0.05) is 44.2 Å². The number of fused-ring (bicyclic) bond motifs is 1. The van der Waals surface area contributed by atoms with Gasteiger partial charge in [0.1, 0.15) is 5.75 Å². The highest BCUT2D eigenvalue weighted by Crippen LogP contribution is 2.27. The maximum Gasteiger partial charge on any atom is 0.260 e. The molecule has 162 valence electrons. The van der Waals surface area contributed by atoms with Crippen LogP contribution in [0.2, 0.25) is 0 Å². The van der Waals surface area contributed by atoms with Crippen LogP contribution < -0.4 is 10.1 Å². The molecule has 0 bridgehead atoms. The Balaban J connectivity index is 1.24. The molecular formula is C23H31N3O4. The van der Waals surface area contributed by atoms with Crippen molar-refractivity contribution in [1.29, 1.82) is 0 Å². The van der Waals surface area contributed by atoms with Crippen LogP contribution in [0.5, 0.6) is 5.75 Å². The average molecular weight is 414 g/mol. The molecule has 1 N–H and O–H groups in total. The summed E-state index contributed by atoms with van der Waals surface area (Å²) in [6, 6.07) is 5.50. The maximum absolute atomic E-state index is 12.8. The van der Waals surface area contributed by atoms with Gasteiger partial charge < -0.3 is 19.9 Å². The lowest BCUT2D eigenvalue weighted by Gasteiger charge is -2.37. The number of amides is 3. The number of carbonyl (C=O) groups is 3. The van der Waals surface area contributed by atoms with Crippen LogP contribution in [0.3, 0.4) is 0 Å². The summed E-state index contributed by atoms with van der Waals surface area (Å²) in [7, 11) is 0. The second-order valence-corrected chi connectivity index (χ2v) is 8.84. The Hall–Kier alpha value is -2.57. The van der Waals surface area contributed by atoms with Gasteiger partial charge in [-0.1, -0.05) is 6.92 Å². The van der Waals surface area contributed by atoms with Crippen LogP contribution in [0.4, 0.5) is 5.69 Å². The lowest BCUT2D eigenvalue weighted by Crippen LogP contribution is -2.47. The van der Waals surface area contributed by atoms with E-state index >= 15 is 0 Å². The van der Waals surface area contributed by atoms with Gasteiger partial charge in [-0.15, -0.1) is 0 Å². The quantitative estimate of drug-likeness (QED) is 0.822. The molecule has 3 aliphatic heterocycles. The SMILES string of the molecule is CC1CCCN(C(=O)C2CCN(C(=O)COc3ccc4c(c3)CCC(=O)N4)CC2)C1. The van der Waals surface area contributed by atoms with Crippen molar-refractivity contribution in [3.8, 4) is 5.75 Å². The van der Waals surface area contributed by atoms with Gasteiger partial charge in [0.25, 0.3) is 5.91 Å². The molecule has 3 amide bonds. The molecule has 3 aliphatic rings. The summed E-state index contributed by atoms with van der Waals surface area (Å²) in [5.74, 6) is 1.52. The highest BCUT2D eigenvalue weighted by molar-refractivity contribution is 5.94. The Kier molecular flexibility index (Phi) is 6.25. The first-order chi connectivity index (χ1) is 14.5. The number of likely N-dealkylation sites (tertiary alicyclic amines) is 2. The number of aryl methyl sites for hydroxylation is 1. The third-order valence-corrected chi connectivity index (χ3v) is 6.50. The molecule has 0 aromatic heterocycles. The van der Waals surface area contributed by atoms with E-state index in [0.717, 1.165) is 43.6 Å². The zero-order valence-corrected chi connectivity index (χ0v) is 17.7. The number of hydrogen-bond donors (Lipinski definition) is 1. The number of rotatable bonds is 4. The first-order valence-corrected chi connectivity index (χ1v) is 11.1. The Bertz CT molecular complexity index is 817. The van der Waals surface area contributed by atoms with Gasteiger partial charge in [-0.3, -0.25) is 14.4 Å². The summed E-state index contributed by atoms with van der Waals surface area (Å²) >= 11 is 0. The molecule has 1 atom stereocenters. The lowest BCUT2D eigenvalue weighted by atomic mass is 9.93. The molecular weight excluding hydrogens is 382 g/mol. The van der Waals surface area contributed by atoms with Crippen LogP contribution in [-0.2, 0) is 20.8 Å². The van der Waals surface area contributed by atoms with Crippen molar-refractivity contribution < 1.29 is 19.1 Å². The second kappa shape index (κ2) is 9.06. The van der Waals surface area contributed by atoms with Crippen LogP contribution in [0.1, 0.15) is 44.6 Å². The van der Waals surface area contributed by atoms with Crippen molar-refractivity contribution in [2.75, 3.05) is 38.1 Å². The minimum absolute atomic E-state index is 0.00655. The Labute approximate surface area is 177 Å². The summed E-state index contributed by atoms with van der Waals surface area (Å²) in [5.41, 5.74) is 1.85. The molecule has 7 heteroatoms. The van der Waals surface area contributed by atoms with Crippen LogP contribution >= 0.6 is 0 Å². The van der Waals surface area contributed by atoms with Gasteiger partial charge >= 0.3 is 0 Å². The molecule has 3 heterocycles. The largest absolute Gasteiger partial charge is 0.484 e. The van der Waals surface area contributed by atoms with E-state index in [1.54, 1.807) is 11.0 Å². The standard InChI is InChI=1S/C23H31N3O4/c1-16-3-2-10-26(14-16)23(29)17-8-11-25(12-9-17)22(28)15-30-19-5-6-20-18(13-19)4-7-21(27)24-20/h5-6,13,16-17H,2-4,7-12,14-15H2,1H3,(H,24,27). The highest BCUT2D eigenvalue weighted by Gasteiger charge is 2.31. The average Bonchev–Trinajstić information content (AvgIpc) is 2.77. The zero-order valence-electron chi connectivity index (χ0n) is 17.7. The highest BCUT2D eigenvalue weighted by atomic mass is 16.5. The Morgan fingerprint density at radius 1 is 1.10 bits per heavy atom. The van der Waals surface area contributed by atoms with Gasteiger partial charge in [0.15, 0.2) is 6.61 Å². The van der Waals surface area contributed by atoms with Crippen molar-refractivity contribution in [1.82, 2.24) is 9.80 Å². The van der Waals surface area contributed by atoms with Crippen molar-refractivity contribution >= 4 is 23.4 Å². The fourth-order valence-electron chi connectivity index (χ4n) is 4.71. The van der Waals surface area contributed by atoms with Gasteiger partial charge in [-0.2, -0.15) is 0 Å². The molecule has 0 aliphatic carbocycles. The fraction of sp³-hybridized carbons (Fsp3) is 0.609. The smallest absolute Gasteiger partial charge is 0.260 e. The van der Waals surface area contributed by atoms with Gasteiger partial charge in [0.05, 0.1) is 0 Å². The van der Waals surface area contributed by atoms with Crippen LogP contribution in [-0.4, -0.2) is 60.3 Å². The number of nitrogens with zero attached hydrogens (tertiary/aromatic N) is 2. The van der Waals surface area contributed by atoms with E-state index in [9.17, 15) is 14.4 Å². The summed E-state index contributed by atoms with van der Waals surface area (Å²) in [5, 5.41) is 2.84. The van der Waals surface area contributed by atoms with Crippen molar-refractivity contribution in [3.63, 3.8) is 0 Å². The van der Waals surface area contributed by atoms with Crippen molar-refractivity contribution in [2.24, 2.45) is 11.8 Å². The predicted molar refractivity (Wildman–Crippen MR) is 113 cm³/mol. The molecule has 1 aromatic carbocycles. The Morgan fingerprint density at radius 2 is 1.90 bits per heavy atom. The first-order valence-electron chi connectivity index (χ1n) is 11.1. The van der Waals surface area contributed by atoms with Crippen LogP contribution in [0, 0.1) is 11.8 Å². The molecule has 2 saturated heterocycles. The molecule has 30 heavy (non-hydrogen) atoms. The molecule has 7 nitrogen and oxygen atoms in total. The lowest BCUT2D eigenvalue weighted by molar-refractivity contribution is -0.142. The molecule has 1 aromatic rings. The van der Waals surface area contributed by atoms with E-state index in [2.05, 4.69) is 12.2 Å². The van der Waals surface area contributed by atoms with E-state index < -0.39 is 0 Å². The topological polar surface area (TPSA) is 79.0 Å². The van der Waals surface area contributed by atoms with Gasteiger partial charge in [-0.05, 0) is 61.8 Å². The van der Waals surface area contributed by atoms with Gasteiger partial charge in [-0.25, -0.2) is 0 Å². The van der Waals surface area contributed by atoms with Gasteiger partial charge in [0.2, 0.25) is 11.8 Å². The number of anilines is 1. The van der Waals surface area contributed by atoms with E-state index in [-0.39, 0.29) is 30.2 Å². The third kappa shape index (κ3) is 4.77. The van der Waals surface area contributed by atoms with Crippen LogP contribution in [0.25, 0.3) is 0 Å². The fourth-order valence-corrected chi connectivity index (χ4v) is 4.71. The van der Waals surface area contributed by atoms with Crippen molar-refractivity contribution in [3.05, 3.63) is 23.8 Å². The first kappa shape index (κ1) is 20.7. The number of ether oxygens (including phenoxy) is 1. The van der Waals surface area contributed by atoms with Crippen molar-refractivity contribution in [2.45, 2.75) is 45.4 Å². The molecule has 0 radical (unpaired) electrons. The van der Waals surface area contributed by atoms with E-state index in [4.69, 9.17) is 4.74 Å². The maximum atomic E-state index is 12.8. The normalized spacial score (nSPS) is 22.3. The summed E-state index contributed by atoms with van der Waals surface area (Å²) in [6.45, 7) is 5.17. The minimum atomic E-state index is -0.0430. The molecule has 0 spiro atoms. The molecule has 4 rings (SSSR count). The predicted octanol–water partition coefficient (Wildman–Crippen LogP) is 2.45. The summed E-state index contributed by atoms with van der Waals surface area (Å²) < 4.78 is 5.72. The second-order valence-electron chi connectivity index (χ2n) is 8.84. The van der Waals surface area contributed by atoms with E-state index in [0.29, 0.717) is 37.6 Å². The number of nitrogens with one attached hydrogen (secondary N) is 1.